The molecule has 0 saturated carbocycles. The molecular weight excluding hydrogens is 164 g/mol. The van der Waals surface area contributed by atoms with Gasteiger partial charge in [0.2, 0.25) is 5.91 Å². The molecule has 2 unspecified atom stereocenters. The van der Waals surface area contributed by atoms with E-state index in [4.69, 9.17) is 0 Å². The van der Waals surface area contributed by atoms with Crippen LogP contribution in [0.3, 0.4) is 0 Å². The molecule has 0 aromatic heterocycles. The van der Waals surface area contributed by atoms with Crippen LogP contribution in [0.15, 0.2) is 12.7 Å². The van der Waals surface area contributed by atoms with E-state index >= 15 is 0 Å². The normalized spacial score (nSPS) is 33.5. The average Bonchev–Trinajstić information content (AvgIpc) is 2.37. The molecule has 2 aliphatic rings. The number of nitrogens with zero attached hydrogens (tertiary/aromatic N) is 2. The molecule has 0 radical (unpaired) electrons. The van der Waals surface area contributed by atoms with Crippen LogP contribution in [0.5, 0.6) is 0 Å². The zero-order valence-electron chi connectivity index (χ0n) is 8.07. The topological polar surface area (TPSA) is 23.6 Å². The molecule has 0 spiro atoms. The lowest BCUT2D eigenvalue weighted by Gasteiger charge is -2.38. The minimum absolute atomic E-state index is 0.112. The quantitative estimate of drug-likeness (QED) is 0.548. The Morgan fingerprint density at radius 1 is 1.38 bits per heavy atom. The highest BCUT2D eigenvalue weighted by atomic mass is 16.2. The van der Waals surface area contributed by atoms with Gasteiger partial charge < -0.3 is 9.80 Å². The van der Waals surface area contributed by atoms with Gasteiger partial charge in [-0.25, -0.2) is 0 Å². The van der Waals surface area contributed by atoms with Crippen LogP contribution in [-0.2, 0) is 4.79 Å². The molecule has 2 aliphatic heterocycles. The molecule has 2 heterocycles. The number of hydrogen-bond acceptors (Lipinski definition) is 2. The zero-order valence-corrected chi connectivity index (χ0v) is 8.07. The molecule has 2 fully saturated rings. The van der Waals surface area contributed by atoms with E-state index < -0.39 is 0 Å². The zero-order chi connectivity index (χ0) is 9.42. The van der Waals surface area contributed by atoms with E-state index in [9.17, 15) is 4.79 Å². The Morgan fingerprint density at radius 3 is 2.38 bits per heavy atom. The predicted octanol–water partition coefficient (Wildman–Crippen LogP) is 0.477. The smallest absolute Gasteiger partial charge is 0.246 e. The largest absolute Gasteiger partial charge is 0.331 e. The van der Waals surface area contributed by atoms with Crippen LogP contribution < -0.4 is 0 Å². The Kier molecular flexibility index (Phi) is 2.12. The first kappa shape index (κ1) is 8.75. The van der Waals surface area contributed by atoms with E-state index in [2.05, 4.69) is 18.5 Å². The maximum Gasteiger partial charge on any atom is 0.246 e. The van der Waals surface area contributed by atoms with Gasteiger partial charge in [0.1, 0.15) is 0 Å². The molecular formula is C10H16N2O. The van der Waals surface area contributed by atoms with Crippen LogP contribution in [-0.4, -0.2) is 47.9 Å². The summed E-state index contributed by atoms with van der Waals surface area (Å²) < 4.78 is 0. The van der Waals surface area contributed by atoms with Crippen molar-refractivity contribution in [2.45, 2.75) is 24.9 Å². The van der Waals surface area contributed by atoms with Gasteiger partial charge >= 0.3 is 0 Å². The van der Waals surface area contributed by atoms with E-state index in [1.807, 2.05) is 4.90 Å². The second kappa shape index (κ2) is 3.14. The van der Waals surface area contributed by atoms with Crippen molar-refractivity contribution in [1.29, 1.82) is 0 Å². The van der Waals surface area contributed by atoms with E-state index in [0.29, 0.717) is 12.1 Å². The molecule has 0 aromatic rings. The van der Waals surface area contributed by atoms with Crippen molar-refractivity contribution in [3.05, 3.63) is 12.7 Å². The maximum atomic E-state index is 11.5. The monoisotopic (exact) mass is 180 g/mol. The van der Waals surface area contributed by atoms with Crippen molar-refractivity contribution in [1.82, 2.24) is 9.80 Å². The molecule has 2 bridgehead atoms. The molecule has 3 heteroatoms. The molecule has 1 amide bonds. The lowest BCUT2D eigenvalue weighted by atomic mass is 10.2. The standard InChI is InChI=1S/C10H16N2O/c1-3-10(13)12-8-4-5-9(12)7-11(2)6-8/h3,8-9H,1,4-7H2,2H3. The summed E-state index contributed by atoms with van der Waals surface area (Å²) >= 11 is 0. The van der Waals surface area contributed by atoms with Gasteiger partial charge in [0, 0.05) is 25.2 Å². The van der Waals surface area contributed by atoms with Crippen LogP contribution >= 0.6 is 0 Å². The number of piperazine rings is 1. The Bertz CT molecular complexity index is 225. The molecule has 0 aliphatic carbocycles. The summed E-state index contributed by atoms with van der Waals surface area (Å²) in [5, 5.41) is 0. The minimum atomic E-state index is 0.112. The SMILES string of the molecule is C=CC(=O)N1C2CCC1CN(C)C2. The second-order valence-electron chi connectivity index (χ2n) is 4.06. The summed E-state index contributed by atoms with van der Waals surface area (Å²) in [6.07, 6.45) is 3.76. The number of amides is 1. The van der Waals surface area contributed by atoms with Gasteiger partial charge in [0.05, 0.1) is 0 Å². The number of rotatable bonds is 1. The number of fused-ring (bicyclic) bond motifs is 2. The molecule has 2 rings (SSSR count). The molecule has 72 valence electrons. The van der Waals surface area contributed by atoms with Crippen molar-refractivity contribution < 1.29 is 4.79 Å². The number of likely N-dealkylation sites (tertiary alicyclic amines) is 1. The van der Waals surface area contributed by atoms with E-state index in [1.54, 1.807) is 0 Å². The fraction of sp³-hybridized carbons (Fsp3) is 0.700. The third-order valence-corrected chi connectivity index (χ3v) is 3.09. The first-order chi connectivity index (χ1) is 6.22. The lowest BCUT2D eigenvalue weighted by Crippen LogP contribution is -2.54. The molecule has 0 N–H and O–H groups in total. The van der Waals surface area contributed by atoms with Crippen molar-refractivity contribution in [2.24, 2.45) is 0 Å². The van der Waals surface area contributed by atoms with Crippen LogP contribution in [0.4, 0.5) is 0 Å². The molecule has 13 heavy (non-hydrogen) atoms. The van der Waals surface area contributed by atoms with Gasteiger partial charge in [-0.05, 0) is 26.0 Å². The van der Waals surface area contributed by atoms with Gasteiger partial charge in [-0.15, -0.1) is 0 Å². The first-order valence-electron chi connectivity index (χ1n) is 4.85. The second-order valence-corrected chi connectivity index (χ2v) is 4.06. The Hall–Kier alpha value is -0.830. The average molecular weight is 180 g/mol. The highest BCUT2D eigenvalue weighted by molar-refractivity contribution is 5.87. The Balaban J connectivity index is 2.14. The Labute approximate surface area is 79.0 Å². The van der Waals surface area contributed by atoms with E-state index in [-0.39, 0.29) is 5.91 Å². The maximum absolute atomic E-state index is 11.5. The van der Waals surface area contributed by atoms with E-state index in [1.165, 1.54) is 6.08 Å². The predicted molar refractivity (Wildman–Crippen MR) is 51.4 cm³/mol. The fourth-order valence-corrected chi connectivity index (χ4v) is 2.58. The van der Waals surface area contributed by atoms with Gasteiger partial charge in [-0.1, -0.05) is 6.58 Å². The summed E-state index contributed by atoms with van der Waals surface area (Å²) in [7, 11) is 2.13. The summed E-state index contributed by atoms with van der Waals surface area (Å²) in [5.41, 5.74) is 0. The molecule has 0 aromatic carbocycles. The third kappa shape index (κ3) is 1.37. The lowest BCUT2D eigenvalue weighted by molar-refractivity contribution is -0.131. The number of carbonyl (C=O) groups excluding carboxylic acids is 1. The van der Waals surface area contributed by atoms with Gasteiger partial charge in [-0.2, -0.15) is 0 Å². The third-order valence-electron chi connectivity index (χ3n) is 3.09. The van der Waals surface area contributed by atoms with Crippen molar-refractivity contribution >= 4 is 5.91 Å². The van der Waals surface area contributed by atoms with Gasteiger partial charge in [0.15, 0.2) is 0 Å². The summed E-state index contributed by atoms with van der Waals surface area (Å²) in [5.74, 6) is 0.112. The Morgan fingerprint density at radius 2 is 1.92 bits per heavy atom. The van der Waals surface area contributed by atoms with E-state index in [0.717, 1.165) is 25.9 Å². The first-order valence-corrected chi connectivity index (χ1v) is 4.85. The summed E-state index contributed by atoms with van der Waals surface area (Å²) in [6, 6.07) is 0.878. The fourth-order valence-electron chi connectivity index (χ4n) is 2.58. The summed E-state index contributed by atoms with van der Waals surface area (Å²) in [4.78, 5) is 15.9. The summed E-state index contributed by atoms with van der Waals surface area (Å²) in [6.45, 7) is 5.59. The van der Waals surface area contributed by atoms with Gasteiger partial charge in [0.25, 0.3) is 0 Å². The molecule has 2 saturated heterocycles. The molecule has 2 atom stereocenters. The highest BCUT2D eigenvalue weighted by Gasteiger charge is 2.40. The van der Waals surface area contributed by atoms with Crippen LogP contribution in [0.25, 0.3) is 0 Å². The van der Waals surface area contributed by atoms with Crippen LogP contribution in [0.2, 0.25) is 0 Å². The molecule has 3 nitrogen and oxygen atoms in total. The highest BCUT2D eigenvalue weighted by Crippen LogP contribution is 2.29. The van der Waals surface area contributed by atoms with Crippen molar-refractivity contribution in [2.75, 3.05) is 20.1 Å². The number of likely N-dealkylation sites (N-methyl/N-ethyl adjacent to an activating group) is 1. The number of carbonyl (C=O) groups is 1. The van der Waals surface area contributed by atoms with Crippen molar-refractivity contribution in [3.63, 3.8) is 0 Å². The van der Waals surface area contributed by atoms with Crippen molar-refractivity contribution in [3.8, 4) is 0 Å². The number of hydrogen-bond donors (Lipinski definition) is 0. The van der Waals surface area contributed by atoms with Gasteiger partial charge in [-0.3, -0.25) is 4.79 Å². The minimum Gasteiger partial charge on any atom is -0.331 e. The van der Waals surface area contributed by atoms with Crippen LogP contribution in [0.1, 0.15) is 12.8 Å². The van der Waals surface area contributed by atoms with Crippen LogP contribution in [0, 0.1) is 0 Å².